The highest BCUT2D eigenvalue weighted by atomic mass is 19.4. The van der Waals surface area contributed by atoms with Gasteiger partial charge in [0.15, 0.2) is 11.5 Å². The molecular formula is C13H8F3N5O2. The van der Waals surface area contributed by atoms with E-state index in [-0.39, 0.29) is 23.2 Å². The van der Waals surface area contributed by atoms with Gasteiger partial charge in [0.2, 0.25) is 5.95 Å². The molecule has 2 aliphatic rings. The lowest BCUT2D eigenvalue weighted by molar-refractivity contribution is -0.274. The van der Waals surface area contributed by atoms with Crippen molar-refractivity contribution in [3.05, 3.63) is 47.0 Å². The standard InChI is InChI=1S/C13H8F3N5O2/c14-13(15,16)23-8-3-1-7(2-4-8)21-6-5-18-9-10(21)19-12(17)20-11(9)22/h1-6H,(H2,17,20,22). The molecule has 1 aromatic rings. The average Bonchev–Trinajstić information content (AvgIpc) is 2.46. The van der Waals surface area contributed by atoms with Gasteiger partial charge in [0, 0.05) is 18.1 Å². The van der Waals surface area contributed by atoms with E-state index in [2.05, 4.69) is 19.7 Å². The molecule has 0 aromatic heterocycles. The molecule has 3 rings (SSSR count). The normalized spacial score (nSPS) is 11.6. The van der Waals surface area contributed by atoms with E-state index in [1.54, 1.807) is 0 Å². The first-order valence-corrected chi connectivity index (χ1v) is 6.20. The number of hydrogen-bond acceptors (Lipinski definition) is 6. The Morgan fingerprint density at radius 1 is 1.13 bits per heavy atom. The molecule has 2 heterocycles. The molecule has 0 saturated heterocycles. The number of nitrogen functional groups attached to an aromatic ring is 1. The molecule has 23 heavy (non-hydrogen) atoms. The van der Waals surface area contributed by atoms with Crippen LogP contribution in [0.1, 0.15) is 0 Å². The molecule has 0 unspecified atom stereocenters. The maximum absolute atomic E-state index is 12.2. The van der Waals surface area contributed by atoms with Crippen LogP contribution < -0.4 is 16.0 Å². The molecule has 0 radical (unpaired) electrons. The number of nitrogens with zero attached hydrogens (tertiary/aromatic N) is 4. The monoisotopic (exact) mass is 323 g/mol. The second kappa shape index (κ2) is 5.23. The lowest BCUT2D eigenvalue weighted by Gasteiger charge is -2.14. The third-order valence-corrected chi connectivity index (χ3v) is 2.85. The molecule has 7 nitrogen and oxygen atoms in total. The van der Waals surface area contributed by atoms with Crippen LogP contribution >= 0.6 is 0 Å². The van der Waals surface area contributed by atoms with Gasteiger partial charge < -0.3 is 10.5 Å². The van der Waals surface area contributed by atoms with Crippen LogP contribution in [0.2, 0.25) is 0 Å². The van der Waals surface area contributed by atoms with E-state index in [1.165, 1.54) is 29.1 Å². The lowest BCUT2D eigenvalue weighted by Crippen LogP contribution is -2.20. The third-order valence-electron chi connectivity index (χ3n) is 2.85. The lowest BCUT2D eigenvalue weighted by atomic mass is 10.2. The minimum atomic E-state index is -4.77. The van der Waals surface area contributed by atoms with Gasteiger partial charge in [0.05, 0.1) is 0 Å². The van der Waals surface area contributed by atoms with E-state index < -0.39 is 11.9 Å². The van der Waals surface area contributed by atoms with Gasteiger partial charge in [-0.05, 0) is 24.3 Å². The third kappa shape index (κ3) is 3.05. The van der Waals surface area contributed by atoms with E-state index in [9.17, 15) is 18.0 Å². The Morgan fingerprint density at radius 2 is 1.83 bits per heavy atom. The fourth-order valence-electron chi connectivity index (χ4n) is 1.98. The van der Waals surface area contributed by atoms with Crippen LogP contribution in [0.3, 0.4) is 0 Å². The summed E-state index contributed by atoms with van der Waals surface area (Å²) in [6, 6.07) is 5.04. The second-order valence-electron chi connectivity index (χ2n) is 4.40. The molecule has 0 atom stereocenters. The summed E-state index contributed by atoms with van der Waals surface area (Å²) in [6.07, 6.45) is -1.92. The number of rotatable bonds is 2. The van der Waals surface area contributed by atoms with Gasteiger partial charge in [-0.25, -0.2) is 4.98 Å². The van der Waals surface area contributed by atoms with Crippen LogP contribution in [-0.2, 0) is 0 Å². The molecule has 0 amide bonds. The molecule has 2 aliphatic heterocycles. The molecule has 0 bridgehead atoms. The predicted octanol–water partition coefficient (Wildman–Crippen LogP) is 1.61. The quantitative estimate of drug-likeness (QED) is 0.770. The van der Waals surface area contributed by atoms with Crippen molar-refractivity contribution in [2.75, 3.05) is 5.73 Å². The molecule has 10 heteroatoms. The summed E-state index contributed by atoms with van der Waals surface area (Å²) >= 11 is 0. The van der Waals surface area contributed by atoms with Crippen LogP contribution in [0.5, 0.6) is 5.75 Å². The van der Waals surface area contributed by atoms with Crippen LogP contribution in [0.15, 0.2) is 41.5 Å². The van der Waals surface area contributed by atoms with Crippen molar-refractivity contribution >= 4 is 5.95 Å². The molecule has 0 spiro atoms. The number of aromatic nitrogens is 4. The summed E-state index contributed by atoms with van der Waals surface area (Å²) in [7, 11) is 0. The number of hydrogen-bond donors (Lipinski definition) is 1. The van der Waals surface area contributed by atoms with Crippen LogP contribution in [0, 0.1) is 0 Å². The van der Waals surface area contributed by atoms with E-state index in [0.717, 1.165) is 12.1 Å². The Morgan fingerprint density at radius 3 is 2.48 bits per heavy atom. The fourth-order valence-corrected chi connectivity index (χ4v) is 1.98. The van der Waals surface area contributed by atoms with Gasteiger partial charge in [0.25, 0.3) is 0 Å². The SMILES string of the molecule is Nc1nc2n(-c3ccc(OC(F)(F)F)cc3)ccnc-2c(=O)n1. The van der Waals surface area contributed by atoms with Gasteiger partial charge in [-0.1, -0.05) is 0 Å². The molecule has 0 aliphatic carbocycles. The van der Waals surface area contributed by atoms with Crippen LogP contribution in [0.4, 0.5) is 19.1 Å². The van der Waals surface area contributed by atoms with Gasteiger partial charge >= 0.3 is 11.9 Å². The highest BCUT2D eigenvalue weighted by Crippen LogP contribution is 2.25. The zero-order chi connectivity index (χ0) is 16.6. The zero-order valence-electron chi connectivity index (χ0n) is 11.3. The molecular weight excluding hydrogens is 315 g/mol. The van der Waals surface area contributed by atoms with Crippen molar-refractivity contribution in [2.45, 2.75) is 6.36 Å². The Hall–Kier alpha value is -3.17. The molecule has 0 fully saturated rings. The van der Waals surface area contributed by atoms with Crippen molar-refractivity contribution in [3.8, 4) is 23.0 Å². The van der Waals surface area contributed by atoms with Gasteiger partial charge in [0.1, 0.15) is 5.75 Å². The highest BCUT2D eigenvalue weighted by molar-refractivity contribution is 5.55. The molecule has 2 N–H and O–H groups in total. The van der Waals surface area contributed by atoms with E-state index in [1.807, 2.05) is 0 Å². The van der Waals surface area contributed by atoms with E-state index in [4.69, 9.17) is 5.73 Å². The summed E-state index contributed by atoms with van der Waals surface area (Å²) < 4.78 is 41.7. The smallest absolute Gasteiger partial charge is 0.406 e. The summed E-state index contributed by atoms with van der Waals surface area (Å²) in [6.45, 7) is 0. The zero-order valence-corrected chi connectivity index (χ0v) is 11.3. The Bertz CT molecular complexity index is 876. The molecule has 1 aromatic carbocycles. The maximum atomic E-state index is 12.2. The minimum Gasteiger partial charge on any atom is -0.406 e. The molecule has 0 saturated carbocycles. The predicted molar refractivity (Wildman–Crippen MR) is 73.1 cm³/mol. The Balaban J connectivity index is 2.05. The molecule has 118 valence electrons. The first-order valence-electron chi connectivity index (χ1n) is 6.20. The van der Waals surface area contributed by atoms with Gasteiger partial charge in [-0.2, -0.15) is 9.97 Å². The fraction of sp³-hybridized carbons (Fsp3) is 0.0769. The number of alkyl halides is 3. The minimum absolute atomic E-state index is 0.00248. The van der Waals surface area contributed by atoms with Gasteiger partial charge in [-0.15, -0.1) is 13.2 Å². The summed E-state index contributed by atoms with van der Waals surface area (Å²) in [5.41, 5.74) is 5.26. The van der Waals surface area contributed by atoms with Crippen molar-refractivity contribution < 1.29 is 17.9 Å². The first kappa shape index (κ1) is 14.8. The number of fused-ring (bicyclic) bond motifs is 1. The largest absolute Gasteiger partial charge is 0.573 e. The summed E-state index contributed by atoms with van der Waals surface area (Å²) in [4.78, 5) is 23.1. The second-order valence-corrected chi connectivity index (χ2v) is 4.40. The first-order chi connectivity index (χ1) is 10.8. The van der Waals surface area contributed by atoms with E-state index in [0.29, 0.717) is 5.69 Å². The van der Waals surface area contributed by atoms with Crippen LogP contribution in [0.25, 0.3) is 17.2 Å². The van der Waals surface area contributed by atoms with Crippen molar-refractivity contribution in [1.29, 1.82) is 0 Å². The number of ether oxygens (including phenoxy) is 1. The highest BCUT2D eigenvalue weighted by Gasteiger charge is 2.31. The number of benzene rings is 1. The Kier molecular flexibility index (Phi) is 3.36. The van der Waals surface area contributed by atoms with Crippen molar-refractivity contribution in [2.24, 2.45) is 0 Å². The summed E-state index contributed by atoms with van der Waals surface area (Å²) in [5, 5.41) is 0. The van der Waals surface area contributed by atoms with Gasteiger partial charge in [-0.3, -0.25) is 9.36 Å². The number of nitrogens with two attached hydrogens (primary N) is 1. The topological polar surface area (TPSA) is 95.9 Å². The number of halogens is 3. The Labute approximate surface area is 126 Å². The van der Waals surface area contributed by atoms with E-state index >= 15 is 0 Å². The average molecular weight is 323 g/mol. The van der Waals surface area contributed by atoms with Crippen molar-refractivity contribution in [1.82, 2.24) is 19.5 Å². The summed E-state index contributed by atoms with van der Waals surface area (Å²) in [5.74, 6) is -0.436. The number of anilines is 1. The van der Waals surface area contributed by atoms with Crippen molar-refractivity contribution in [3.63, 3.8) is 0 Å². The van der Waals surface area contributed by atoms with Crippen LogP contribution in [-0.4, -0.2) is 25.9 Å². The maximum Gasteiger partial charge on any atom is 0.573 e.